The average molecular weight is 585 g/mol. The van der Waals surface area contributed by atoms with Crippen LogP contribution in [0.5, 0.6) is 0 Å². The first-order valence-corrected chi connectivity index (χ1v) is 14.1. The van der Waals surface area contributed by atoms with Gasteiger partial charge in [0, 0.05) is 48.8 Å². The Morgan fingerprint density at radius 2 is 1.71 bits per heavy atom. The van der Waals surface area contributed by atoms with Crippen LogP contribution in [0.4, 0.5) is 18.9 Å². The van der Waals surface area contributed by atoms with E-state index >= 15 is 0 Å². The van der Waals surface area contributed by atoms with Crippen molar-refractivity contribution in [3.8, 4) is 0 Å². The predicted octanol–water partition coefficient (Wildman–Crippen LogP) is 6.53. The maximum atomic E-state index is 13.5. The van der Waals surface area contributed by atoms with Crippen LogP contribution in [0, 0.1) is 13.8 Å². The number of fused-ring (bicyclic) bond motifs is 1. The second-order valence-electron chi connectivity index (χ2n) is 10.9. The SMILES string of the molecule is Cc1cc(N2CCC(N(C)C(=O)c3ccc4c(c3)C(NC(=O)c3cccc(C(F)(F)F)c3Cl)CC4)CC2)cc(C)n1. The van der Waals surface area contributed by atoms with Gasteiger partial charge in [0.05, 0.1) is 22.2 Å². The third-order valence-corrected chi connectivity index (χ3v) is 8.50. The van der Waals surface area contributed by atoms with Gasteiger partial charge in [0.2, 0.25) is 0 Å². The number of anilines is 1. The number of carbonyl (C=O) groups excluding carboxylic acids is 2. The first kappa shape index (κ1) is 28.9. The molecule has 1 atom stereocenters. The van der Waals surface area contributed by atoms with Crippen LogP contribution >= 0.6 is 11.6 Å². The smallest absolute Gasteiger partial charge is 0.371 e. The highest BCUT2D eigenvalue weighted by molar-refractivity contribution is 6.34. The van der Waals surface area contributed by atoms with E-state index in [1.165, 1.54) is 12.1 Å². The van der Waals surface area contributed by atoms with Crippen LogP contribution < -0.4 is 10.2 Å². The van der Waals surface area contributed by atoms with Gasteiger partial charge in [-0.1, -0.05) is 23.7 Å². The molecular formula is C31H32ClF3N4O2. The summed E-state index contributed by atoms with van der Waals surface area (Å²) < 4.78 is 39.8. The zero-order chi connectivity index (χ0) is 29.5. The lowest BCUT2D eigenvalue weighted by Crippen LogP contribution is -2.45. The molecule has 1 aliphatic heterocycles. The van der Waals surface area contributed by atoms with Gasteiger partial charge in [-0.05, 0) is 87.1 Å². The molecule has 1 fully saturated rings. The first-order valence-electron chi connectivity index (χ1n) is 13.7. The number of piperidine rings is 1. The third kappa shape index (κ3) is 6.05. The quantitative estimate of drug-likeness (QED) is 0.370. The van der Waals surface area contributed by atoms with E-state index in [1.54, 1.807) is 11.0 Å². The zero-order valence-electron chi connectivity index (χ0n) is 23.2. The van der Waals surface area contributed by atoms with Crippen LogP contribution in [0.3, 0.4) is 0 Å². The Labute approximate surface area is 242 Å². The molecule has 1 aromatic heterocycles. The molecule has 0 bridgehead atoms. The molecule has 2 aromatic carbocycles. The summed E-state index contributed by atoms with van der Waals surface area (Å²) in [6.45, 7) is 5.65. The first-order chi connectivity index (χ1) is 19.4. The summed E-state index contributed by atoms with van der Waals surface area (Å²) in [6, 6.07) is 12.6. The highest BCUT2D eigenvalue weighted by atomic mass is 35.5. The van der Waals surface area contributed by atoms with Gasteiger partial charge < -0.3 is 15.1 Å². The molecule has 2 heterocycles. The molecule has 0 radical (unpaired) electrons. The molecule has 0 spiro atoms. The van der Waals surface area contributed by atoms with Crippen LogP contribution in [0.15, 0.2) is 48.5 Å². The van der Waals surface area contributed by atoms with Crippen LogP contribution in [0.25, 0.3) is 0 Å². The van der Waals surface area contributed by atoms with Crippen molar-refractivity contribution < 1.29 is 22.8 Å². The minimum absolute atomic E-state index is 0.0922. The maximum absolute atomic E-state index is 13.5. The van der Waals surface area contributed by atoms with E-state index in [-0.39, 0.29) is 17.5 Å². The summed E-state index contributed by atoms with van der Waals surface area (Å²) >= 11 is 5.97. The second-order valence-corrected chi connectivity index (χ2v) is 11.3. The van der Waals surface area contributed by atoms with Crippen molar-refractivity contribution >= 4 is 29.1 Å². The van der Waals surface area contributed by atoms with E-state index in [9.17, 15) is 22.8 Å². The summed E-state index contributed by atoms with van der Waals surface area (Å²) in [5, 5.41) is 2.21. The molecular weight excluding hydrogens is 553 g/mol. The van der Waals surface area contributed by atoms with E-state index in [1.807, 2.05) is 33.0 Å². The average Bonchev–Trinajstić information content (AvgIpc) is 3.33. The number of halogens is 4. The standard InChI is InChI=1S/C31H32ClF3N4O2/c1-18-15-23(16-19(2)36-18)39-13-11-22(12-14-39)38(3)30(41)21-8-7-20-9-10-27(25(20)17-21)37-29(40)24-5-4-6-26(28(24)32)31(33,34)35/h4-8,15-17,22,27H,9-14H2,1-3H3,(H,37,40). The van der Waals surface area contributed by atoms with Crippen molar-refractivity contribution in [2.75, 3.05) is 25.0 Å². The molecule has 2 amide bonds. The van der Waals surface area contributed by atoms with Crippen molar-refractivity contribution in [1.82, 2.24) is 15.2 Å². The highest BCUT2D eigenvalue weighted by Gasteiger charge is 2.35. The number of aryl methyl sites for hydroxylation is 3. The molecule has 216 valence electrons. The monoisotopic (exact) mass is 584 g/mol. The fourth-order valence-electron chi connectivity index (χ4n) is 5.92. The van der Waals surface area contributed by atoms with Crippen LogP contribution in [0.1, 0.15) is 74.1 Å². The lowest BCUT2D eigenvalue weighted by atomic mass is 10.00. The van der Waals surface area contributed by atoms with E-state index in [2.05, 4.69) is 27.3 Å². The third-order valence-electron chi connectivity index (χ3n) is 8.09. The molecule has 1 saturated heterocycles. The number of benzene rings is 2. The van der Waals surface area contributed by atoms with Crippen molar-refractivity contribution in [1.29, 1.82) is 0 Å². The highest BCUT2D eigenvalue weighted by Crippen LogP contribution is 2.37. The number of hydrogen-bond donors (Lipinski definition) is 1. The summed E-state index contributed by atoms with van der Waals surface area (Å²) in [5.74, 6) is -0.779. The van der Waals surface area contributed by atoms with Crippen LogP contribution in [0.2, 0.25) is 5.02 Å². The van der Waals surface area contributed by atoms with Gasteiger partial charge in [-0.15, -0.1) is 0 Å². The van der Waals surface area contributed by atoms with Gasteiger partial charge in [0.1, 0.15) is 0 Å². The Morgan fingerprint density at radius 3 is 2.37 bits per heavy atom. The summed E-state index contributed by atoms with van der Waals surface area (Å²) in [7, 11) is 1.82. The van der Waals surface area contributed by atoms with Gasteiger partial charge >= 0.3 is 6.18 Å². The molecule has 6 nitrogen and oxygen atoms in total. The molecule has 2 aliphatic rings. The Hall–Kier alpha value is -3.59. The lowest BCUT2D eigenvalue weighted by Gasteiger charge is -2.38. The lowest BCUT2D eigenvalue weighted by molar-refractivity contribution is -0.137. The Bertz CT molecular complexity index is 1460. The fourth-order valence-corrected chi connectivity index (χ4v) is 6.24. The Morgan fingerprint density at radius 1 is 1.02 bits per heavy atom. The largest absolute Gasteiger partial charge is 0.417 e. The number of amides is 2. The number of carbonyl (C=O) groups is 2. The topological polar surface area (TPSA) is 65.5 Å². The minimum Gasteiger partial charge on any atom is -0.371 e. The molecule has 10 heteroatoms. The Balaban J connectivity index is 1.26. The summed E-state index contributed by atoms with van der Waals surface area (Å²) in [6.07, 6.45) is -1.72. The predicted molar refractivity (Wildman–Crippen MR) is 152 cm³/mol. The summed E-state index contributed by atoms with van der Waals surface area (Å²) in [4.78, 5) is 35.1. The number of rotatable bonds is 5. The van der Waals surface area contributed by atoms with Gasteiger partial charge in [-0.25, -0.2) is 0 Å². The van der Waals surface area contributed by atoms with Gasteiger partial charge in [0.25, 0.3) is 11.8 Å². The van der Waals surface area contributed by atoms with E-state index in [4.69, 9.17) is 11.6 Å². The van der Waals surface area contributed by atoms with Crippen molar-refractivity contribution in [2.24, 2.45) is 0 Å². The molecule has 1 unspecified atom stereocenters. The van der Waals surface area contributed by atoms with Crippen LogP contribution in [-0.2, 0) is 12.6 Å². The normalized spacial score (nSPS) is 17.3. The van der Waals surface area contributed by atoms with E-state index in [0.717, 1.165) is 60.2 Å². The fraction of sp³-hybridized carbons (Fsp3) is 0.387. The Kier molecular flexibility index (Phi) is 8.01. The maximum Gasteiger partial charge on any atom is 0.417 e. The van der Waals surface area contributed by atoms with Gasteiger partial charge in [-0.2, -0.15) is 13.2 Å². The van der Waals surface area contributed by atoms with E-state index in [0.29, 0.717) is 18.4 Å². The molecule has 0 saturated carbocycles. The number of alkyl halides is 3. The number of aromatic nitrogens is 1. The molecule has 1 N–H and O–H groups in total. The number of hydrogen-bond acceptors (Lipinski definition) is 4. The molecule has 3 aromatic rings. The zero-order valence-corrected chi connectivity index (χ0v) is 23.9. The minimum atomic E-state index is -4.66. The number of pyridine rings is 1. The van der Waals surface area contributed by atoms with Crippen molar-refractivity contribution in [3.05, 3.63) is 92.8 Å². The summed E-state index contributed by atoms with van der Waals surface area (Å²) in [5.41, 5.74) is 4.17. The molecule has 41 heavy (non-hydrogen) atoms. The molecule has 5 rings (SSSR count). The van der Waals surface area contributed by atoms with Crippen LogP contribution in [-0.4, -0.2) is 47.9 Å². The molecule has 1 aliphatic carbocycles. The van der Waals surface area contributed by atoms with Crippen molar-refractivity contribution in [2.45, 2.75) is 57.8 Å². The number of nitrogens with zero attached hydrogens (tertiary/aromatic N) is 3. The van der Waals surface area contributed by atoms with E-state index < -0.39 is 28.7 Å². The van der Waals surface area contributed by atoms with Gasteiger partial charge in [-0.3, -0.25) is 14.6 Å². The van der Waals surface area contributed by atoms with Gasteiger partial charge in [0.15, 0.2) is 0 Å². The van der Waals surface area contributed by atoms with Crippen molar-refractivity contribution in [3.63, 3.8) is 0 Å². The second kappa shape index (κ2) is 11.4. The number of nitrogens with one attached hydrogen (secondary N) is 1.